The van der Waals surface area contributed by atoms with E-state index in [0.717, 1.165) is 12.2 Å². The number of nitrogens with zero attached hydrogens (tertiary/aromatic N) is 1. The van der Waals surface area contributed by atoms with Crippen molar-refractivity contribution in [3.8, 4) is 5.75 Å². The molecule has 0 amide bonds. The minimum Gasteiger partial charge on any atom is -0.487 e. The van der Waals surface area contributed by atoms with Gasteiger partial charge < -0.3 is 9.47 Å². The molecule has 0 saturated heterocycles. The summed E-state index contributed by atoms with van der Waals surface area (Å²) in [5, 5.41) is 0. The second-order valence-corrected chi connectivity index (χ2v) is 5.54. The monoisotopic (exact) mass is 299 g/mol. The standard InChI is InChI=1S/C18H21NO3/c1-13(2)11-14-7-9-16(10-8-14)22-12-15-5-4-6-17(19-15)18(20)21-3/h4-10,13H,11-12H2,1-3H3. The number of esters is 1. The number of carbonyl (C=O) groups is 1. The van der Waals surface area contributed by atoms with Crippen LogP contribution in [0.3, 0.4) is 0 Å². The number of methoxy groups -OCH3 is 1. The first kappa shape index (κ1) is 16.0. The predicted molar refractivity (Wildman–Crippen MR) is 84.9 cm³/mol. The Hall–Kier alpha value is -2.36. The van der Waals surface area contributed by atoms with Crippen molar-refractivity contribution in [1.29, 1.82) is 0 Å². The normalized spacial score (nSPS) is 10.5. The molecule has 1 heterocycles. The molecule has 0 atom stereocenters. The van der Waals surface area contributed by atoms with Gasteiger partial charge >= 0.3 is 5.97 Å². The van der Waals surface area contributed by atoms with E-state index in [-0.39, 0.29) is 5.69 Å². The Labute approximate surface area is 131 Å². The highest BCUT2D eigenvalue weighted by Gasteiger charge is 2.07. The summed E-state index contributed by atoms with van der Waals surface area (Å²) in [6.45, 7) is 4.71. The summed E-state index contributed by atoms with van der Waals surface area (Å²) < 4.78 is 10.4. The van der Waals surface area contributed by atoms with Gasteiger partial charge in [0.1, 0.15) is 18.1 Å². The van der Waals surface area contributed by atoms with E-state index in [1.807, 2.05) is 18.2 Å². The van der Waals surface area contributed by atoms with Crippen molar-refractivity contribution in [2.75, 3.05) is 7.11 Å². The first-order valence-electron chi connectivity index (χ1n) is 7.34. The van der Waals surface area contributed by atoms with Gasteiger partial charge in [0.2, 0.25) is 0 Å². The maximum atomic E-state index is 11.4. The van der Waals surface area contributed by atoms with Crippen LogP contribution < -0.4 is 4.74 Å². The molecule has 0 unspecified atom stereocenters. The van der Waals surface area contributed by atoms with Gasteiger partial charge in [0.25, 0.3) is 0 Å². The Morgan fingerprint density at radius 2 is 1.86 bits per heavy atom. The van der Waals surface area contributed by atoms with Crippen LogP contribution in [-0.4, -0.2) is 18.1 Å². The zero-order valence-electron chi connectivity index (χ0n) is 13.2. The minimum atomic E-state index is -0.445. The molecule has 0 radical (unpaired) electrons. The second-order valence-electron chi connectivity index (χ2n) is 5.54. The first-order chi connectivity index (χ1) is 10.6. The fraction of sp³-hybridized carbons (Fsp3) is 0.333. The van der Waals surface area contributed by atoms with E-state index in [2.05, 4.69) is 35.7 Å². The van der Waals surface area contributed by atoms with Gasteiger partial charge in [-0.3, -0.25) is 0 Å². The number of hydrogen-bond donors (Lipinski definition) is 0. The van der Waals surface area contributed by atoms with Gasteiger partial charge in [-0.2, -0.15) is 0 Å². The fourth-order valence-electron chi connectivity index (χ4n) is 2.13. The van der Waals surface area contributed by atoms with Gasteiger partial charge in [0.15, 0.2) is 0 Å². The summed E-state index contributed by atoms with van der Waals surface area (Å²) in [5.41, 5.74) is 2.28. The number of rotatable bonds is 6. The SMILES string of the molecule is COC(=O)c1cccc(COc2ccc(CC(C)C)cc2)n1. The molecule has 0 N–H and O–H groups in total. The van der Waals surface area contributed by atoms with Gasteiger partial charge in [-0.25, -0.2) is 9.78 Å². The van der Waals surface area contributed by atoms with Crippen LogP contribution in [0.25, 0.3) is 0 Å². The van der Waals surface area contributed by atoms with Crippen LogP contribution >= 0.6 is 0 Å². The average Bonchev–Trinajstić information content (AvgIpc) is 2.53. The van der Waals surface area contributed by atoms with Crippen LogP contribution in [0, 0.1) is 5.92 Å². The number of ether oxygens (including phenoxy) is 2. The Balaban J connectivity index is 1.96. The molecule has 0 bridgehead atoms. The van der Waals surface area contributed by atoms with Crippen molar-refractivity contribution in [3.05, 3.63) is 59.4 Å². The Morgan fingerprint density at radius 3 is 2.50 bits per heavy atom. The quantitative estimate of drug-likeness (QED) is 0.764. The third kappa shape index (κ3) is 4.58. The van der Waals surface area contributed by atoms with Crippen LogP contribution in [0.4, 0.5) is 0 Å². The van der Waals surface area contributed by atoms with E-state index in [4.69, 9.17) is 4.74 Å². The molecule has 2 rings (SSSR count). The molecule has 2 aromatic rings. The molecule has 1 aromatic carbocycles. The van der Waals surface area contributed by atoms with Gasteiger partial charge in [-0.15, -0.1) is 0 Å². The molecule has 4 heteroatoms. The molecule has 4 nitrogen and oxygen atoms in total. The Morgan fingerprint density at radius 1 is 1.14 bits per heavy atom. The van der Waals surface area contributed by atoms with E-state index >= 15 is 0 Å². The molecule has 0 aliphatic rings. The van der Waals surface area contributed by atoms with Crippen molar-refractivity contribution in [3.63, 3.8) is 0 Å². The zero-order valence-corrected chi connectivity index (χ0v) is 13.2. The van der Waals surface area contributed by atoms with Crippen LogP contribution in [-0.2, 0) is 17.8 Å². The average molecular weight is 299 g/mol. The summed E-state index contributed by atoms with van der Waals surface area (Å²) in [7, 11) is 1.34. The number of hydrogen-bond acceptors (Lipinski definition) is 4. The molecule has 0 fully saturated rings. The molecule has 22 heavy (non-hydrogen) atoms. The molecule has 1 aromatic heterocycles. The van der Waals surface area contributed by atoms with Crippen LogP contribution in [0.1, 0.15) is 35.6 Å². The molecule has 116 valence electrons. The largest absolute Gasteiger partial charge is 0.487 e. The van der Waals surface area contributed by atoms with E-state index in [0.29, 0.717) is 18.2 Å². The van der Waals surface area contributed by atoms with Crippen molar-refractivity contribution in [1.82, 2.24) is 4.98 Å². The third-order valence-electron chi connectivity index (χ3n) is 3.16. The van der Waals surface area contributed by atoms with Gasteiger partial charge in [-0.05, 0) is 42.2 Å². The fourth-order valence-corrected chi connectivity index (χ4v) is 2.13. The van der Waals surface area contributed by atoms with Crippen molar-refractivity contribution in [2.24, 2.45) is 5.92 Å². The van der Waals surface area contributed by atoms with Gasteiger partial charge in [-0.1, -0.05) is 32.0 Å². The predicted octanol–water partition coefficient (Wildman–Crippen LogP) is 3.65. The number of aromatic nitrogens is 1. The van der Waals surface area contributed by atoms with Crippen LogP contribution in [0.5, 0.6) is 5.75 Å². The van der Waals surface area contributed by atoms with E-state index < -0.39 is 5.97 Å². The number of benzene rings is 1. The lowest BCUT2D eigenvalue weighted by Gasteiger charge is -2.09. The molecular formula is C18H21NO3. The molecule has 0 saturated carbocycles. The minimum absolute atomic E-state index is 0.288. The second kappa shape index (κ2) is 7.59. The molecule has 0 spiro atoms. The summed E-state index contributed by atoms with van der Waals surface area (Å²) >= 11 is 0. The summed E-state index contributed by atoms with van der Waals surface area (Å²) in [6, 6.07) is 13.3. The number of carbonyl (C=O) groups excluding carboxylic acids is 1. The summed E-state index contributed by atoms with van der Waals surface area (Å²) in [5.74, 6) is 0.981. The van der Waals surface area contributed by atoms with Gasteiger partial charge in [0, 0.05) is 0 Å². The van der Waals surface area contributed by atoms with Crippen molar-refractivity contribution in [2.45, 2.75) is 26.9 Å². The van der Waals surface area contributed by atoms with Crippen molar-refractivity contribution < 1.29 is 14.3 Å². The highest BCUT2D eigenvalue weighted by atomic mass is 16.5. The lowest BCUT2D eigenvalue weighted by atomic mass is 10.0. The lowest BCUT2D eigenvalue weighted by Crippen LogP contribution is -2.07. The van der Waals surface area contributed by atoms with E-state index in [1.54, 1.807) is 12.1 Å². The van der Waals surface area contributed by atoms with Crippen LogP contribution in [0.15, 0.2) is 42.5 Å². The lowest BCUT2D eigenvalue weighted by molar-refractivity contribution is 0.0593. The third-order valence-corrected chi connectivity index (χ3v) is 3.16. The summed E-state index contributed by atoms with van der Waals surface area (Å²) in [4.78, 5) is 15.7. The Kier molecular flexibility index (Phi) is 5.53. The highest BCUT2D eigenvalue weighted by Crippen LogP contribution is 2.16. The topological polar surface area (TPSA) is 48.4 Å². The number of pyridine rings is 1. The summed E-state index contributed by atoms with van der Waals surface area (Å²) in [6.07, 6.45) is 1.06. The van der Waals surface area contributed by atoms with E-state index in [1.165, 1.54) is 12.7 Å². The van der Waals surface area contributed by atoms with E-state index in [9.17, 15) is 4.79 Å². The maximum absolute atomic E-state index is 11.4. The zero-order chi connectivity index (χ0) is 15.9. The van der Waals surface area contributed by atoms with Gasteiger partial charge in [0.05, 0.1) is 12.8 Å². The first-order valence-corrected chi connectivity index (χ1v) is 7.34. The Bertz CT molecular complexity index is 620. The smallest absolute Gasteiger partial charge is 0.356 e. The van der Waals surface area contributed by atoms with Crippen LogP contribution in [0.2, 0.25) is 0 Å². The molecular weight excluding hydrogens is 278 g/mol. The molecule has 0 aliphatic heterocycles. The van der Waals surface area contributed by atoms with Crippen molar-refractivity contribution >= 4 is 5.97 Å². The maximum Gasteiger partial charge on any atom is 0.356 e. The highest BCUT2D eigenvalue weighted by molar-refractivity contribution is 5.87. The molecule has 0 aliphatic carbocycles.